The van der Waals surface area contributed by atoms with Crippen LogP contribution in [-0.2, 0) is 9.59 Å². The zero-order valence-corrected chi connectivity index (χ0v) is 16.4. The molecule has 0 spiro atoms. The Morgan fingerprint density at radius 2 is 2.04 bits per heavy atom. The van der Waals surface area contributed by atoms with Crippen molar-refractivity contribution in [2.45, 2.75) is 13.0 Å². The van der Waals surface area contributed by atoms with E-state index in [1.807, 2.05) is 0 Å². The fourth-order valence-corrected chi connectivity index (χ4v) is 3.07. The van der Waals surface area contributed by atoms with Crippen LogP contribution in [0, 0.1) is 0 Å². The van der Waals surface area contributed by atoms with E-state index >= 15 is 0 Å². The van der Waals surface area contributed by atoms with Crippen molar-refractivity contribution in [1.29, 1.82) is 0 Å². The molecule has 1 aliphatic heterocycles. The fourth-order valence-electron chi connectivity index (χ4n) is 2.25. The Morgan fingerprint density at radius 1 is 1.27 bits per heavy atom. The highest BCUT2D eigenvalue weighted by molar-refractivity contribution is 9.10. The van der Waals surface area contributed by atoms with Crippen LogP contribution in [0.25, 0.3) is 0 Å². The minimum Gasteiger partial charge on any atom is -0.479 e. The highest BCUT2D eigenvalue weighted by Crippen LogP contribution is 2.28. The summed E-state index contributed by atoms with van der Waals surface area (Å²) in [6, 6.07) is 9.97. The van der Waals surface area contributed by atoms with Gasteiger partial charge in [0.05, 0.1) is 10.7 Å². The first-order chi connectivity index (χ1) is 12.3. The third-order valence-electron chi connectivity index (χ3n) is 3.54. The number of carbonyl (C=O) groups excluding carboxylic acids is 2. The molecule has 2 amide bonds. The molecule has 1 unspecified atom stereocenters. The second-order valence-electron chi connectivity index (χ2n) is 5.42. The molecule has 9 heteroatoms. The second-order valence-corrected chi connectivity index (χ2v) is 7.17. The average molecular weight is 457 g/mol. The first-order valence-corrected chi connectivity index (χ1v) is 9.00. The molecule has 2 aromatic rings. The Bertz CT molecular complexity index is 933. The molecule has 0 bridgehead atoms. The monoisotopic (exact) mass is 455 g/mol. The fraction of sp³-hybridized carbons (Fsp3) is 0.118. The summed E-state index contributed by atoms with van der Waals surface area (Å²) in [5.74, 6) is -0.605. The van der Waals surface area contributed by atoms with Crippen LogP contribution in [0.15, 0.2) is 46.0 Å². The molecule has 26 heavy (non-hydrogen) atoms. The van der Waals surface area contributed by atoms with Gasteiger partial charge < -0.3 is 10.1 Å². The minimum absolute atomic E-state index is 0.117. The topological polar surface area (TPSA) is 79.8 Å². The van der Waals surface area contributed by atoms with Crippen molar-refractivity contribution >= 4 is 62.3 Å². The van der Waals surface area contributed by atoms with Crippen molar-refractivity contribution in [2.24, 2.45) is 5.10 Å². The summed E-state index contributed by atoms with van der Waals surface area (Å²) >= 11 is 15.2. The van der Waals surface area contributed by atoms with E-state index in [2.05, 4.69) is 31.8 Å². The maximum absolute atomic E-state index is 12.2. The Morgan fingerprint density at radius 3 is 2.77 bits per heavy atom. The lowest BCUT2D eigenvalue weighted by atomic mass is 10.1. The number of anilines is 1. The van der Waals surface area contributed by atoms with E-state index in [1.54, 1.807) is 37.3 Å². The normalized spacial score (nSPS) is 15.4. The van der Waals surface area contributed by atoms with Gasteiger partial charge in [-0.05, 0) is 43.3 Å². The molecule has 1 heterocycles. The number of nitrogens with zero attached hydrogens (tertiary/aromatic N) is 1. The number of nitrogens with one attached hydrogen (secondary N) is 2. The molecule has 0 radical (unpaired) electrons. The summed E-state index contributed by atoms with van der Waals surface area (Å²) in [5.41, 5.74) is 3.69. The van der Waals surface area contributed by atoms with Crippen LogP contribution >= 0.6 is 39.1 Å². The van der Waals surface area contributed by atoms with Crippen LogP contribution in [0.1, 0.15) is 12.5 Å². The molecule has 1 aliphatic rings. The number of hydrazone groups is 1. The molecule has 0 saturated carbocycles. The second kappa shape index (κ2) is 7.65. The lowest BCUT2D eigenvalue weighted by molar-refractivity contribution is -0.127. The number of hydrogen-bond donors (Lipinski definition) is 2. The standard InChI is InChI=1S/C17H12BrCl2N3O3/c1-8(26-14-5-3-10(19)7-12(14)20)16(24)23-22-15-11-6-9(18)2-4-13(11)21-17(15)25/h2-8H,1H3,(H,23,24)(H,21,22,25). The van der Waals surface area contributed by atoms with Crippen LogP contribution in [0.2, 0.25) is 10.0 Å². The lowest BCUT2D eigenvalue weighted by Crippen LogP contribution is -2.34. The highest BCUT2D eigenvalue weighted by Gasteiger charge is 2.27. The molecular weight excluding hydrogens is 445 g/mol. The molecule has 2 aromatic carbocycles. The van der Waals surface area contributed by atoms with Crippen molar-refractivity contribution in [2.75, 3.05) is 5.32 Å². The number of halogens is 3. The minimum atomic E-state index is -0.885. The molecular formula is C17H12BrCl2N3O3. The van der Waals surface area contributed by atoms with Gasteiger partial charge in [-0.15, -0.1) is 0 Å². The Kier molecular flexibility index (Phi) is 5.50. The van der Waals surface area contributed by atoms with Crippen LogP contribution in [0.4, 0.5) is 5.69 Å². The first-order valence-electron chi connectivity index (χ1n) is 7.45. The molecule has 1 atom stereocenters. The zero-order valence-electron chi connectivity index (χ0n) is 13.3. The number of benzene rings is 2. The molecule has 0 aromatic heterocycles. The van der Waals surface area contributed by atoms with Crippen LogP contribution in [0.5, 0.6) is 5.75 Å². The zero-order chi connectivity index (χ0) is 18.8. The molecule has 3 rings (SSSR count). The third-order valence-corrected chi connectivity index (χ3v) is 4.57. The first kappa shape index (κ1) is 18.7. The number of carbonyl (C=O) groups is 2. The van der Waals surface area contributed by atoms with Gasteiger partial charge >= 0.3 is 0 Å². The smallest absolute Gasteiger partial charge is 0.280 e. The molecule has 0 aliphatic carbocycles. The van der Waals surface area contributed by atoms with Gasteiger partial charge in [-0.2, -0.15) is 5.10 Å². The summed E-state index contributed by atoms with van der Waals surface area (Å²) < 4.78 is 6.31. The quantitative estimate of drug-likeness (QED) is 0.682. The summed E-state index contributed by atoms with van der Waals surface area (Å²) in [4.78, 5) is 24.2. The van der Waals surface area contributed by atoms with Crippen molar-refractivity contribution in [1.82, 2.24) is 5.43 Å². The number of amides is 2. The van der Waals surface area contributed by atoms with Gasteiger partial charge in [-0.3, -0.25) is 9.59 Å². The summed E-state index contributed by atoms with van der Waals surface area (Å²) in [6.07, 6.45) is -0.885. The van der Waals surface area contributed by atoms with Crippen LogP contribution < -0.4 is 15.5 Å². The van der Waals surface area contributed by atoms with Gasteiger partial charge in [0.2, 0.25) is 0 Å². The van der Waals surface area contributed by atoms with E-state index in [1.165, 1.54) is 6.07 Å². The Labute approximate surface area is 167 Å². The third kappa shape index (κ3) is 4.00. The van der Waals surface area contributed by atoms with Gasteiger partial charge in [0.1, 0.15) is 5.75 Å². The van der Waals surface area contributed by atoms with Crippen LogP contribution in [0.3, 0.4) is 0 Å². The Hall–Kier alpha value is -2.09. The molecule has 134 valence electrons. The van der Waals surface area contributed by atoms with E-state index in [0.29, 0.717) is 22.0 Å². The van der Waals surface area contributed by atoms with Gasteiger partial charge in [0, 0.05) is 15.1 Å². The molecule has 6 nitrogen and oxygen atoms in total. The highest BCUT2D eigenvalue weighted by atomic mass is 79.9. The van der Waals surface area contributed by atoms with Gasteiger partial charge in [0.15, 0.2) is 11.8 Å². The van der Waals surface area contributed by atoms with E-state index < -0.39 is 17.9 Å². The number of hydrogen-bond acceptors (Lipinski definition) is 4. The summed E-state index contributed by atoms with van der Waals surface area (Å²) in [6.45, 7) is 1.54. The number of fused-ring (bicyclic) bond motifs is 1. The Balaban J connectivity index is 1.71. The molecule has 0 fully saturated rings. The number of ether oxygens (including phenoxy) is 1. The van der Waals surface area contributed by atoms with Gasteiger partial charge in [-0.1, -0.05) is 39.1 Å². The van der Waals surface area contributed by atoms with Crippen molar-refractivity contribution < 1.29 is 14.3 Å². The van der Waals surface area contributed by atoms with Crippen molar-refractivity contribution in [3.05, 3.63) is 56.5 Å². The maximum Gasteiger partial charge on any atom is 0.280 e. The summed E-state index contributed by atoms with van der Waals surface area (Å²) in [7, 11) is 0. The predicted octanol–water partition coefficient (Wildman–Crippen LogP) is 4.00. The van der Waals surface area contributed by atoms with E-state index in [-0.39, 0.29) is 10.7 Å². The van der Waals surface area contributed by atoms with Gasteiger partial charge in [0.25, 0.3) is 11.8 Å². The van der Waals surface area contributed by atoms with E-state index in [4.69, 9.17) is 27.9 Å². The molecule has 2 N–H and O–H groups in total. The lowest BCUT2D eigenvalue weighted by Gasteiger charge is -2.14. The number of rotatable bonds is 4. The van der Waals surface area contributed by atoms with Gasteiger partial charge in [-0.25, -0.2) is 5.43 Å². The largest absolute Gasteiger partial charge is 0.479 e. The van der Waals surface area contributed by atoms with Crippen LogP contribution in [-0.4, -0.2) is 23.6 Å². The SMILES string of the molecule is CC(Oc1ccc(Cl)cc1Cl)C(=O)N/N=C1/C(=O)Nc2ccc(Br)cc21. The molecule has 0 saturated heterocycles. The van der Waals surface area contributed by atoms with Crippen molar-refractivity contribution in [3.63, 3.8) is 0 Å². The summed E-state index contributed by atoms with van der Waals surface area (Å²) in [5, 5.41) is 7.36. The average Bonchev–Trinajstić information content (AvgIpc) is 2.89. The maximum atomic E-state index is 12.2. The van der Waals surface area contributed by atoms with E-state index in [0.717, 1.165) is 4.47 Å². The predicted molar refractivity (Wildman–Crippen MR) is 104 cm³/mol. The van der Waals surface area contributed by atoms with Crippen molar-refractivity contribution in [3.8, 4) is 5.75 Å². The van der Waals surface area contributed by atoms with E-state index in [9.17, 15) is 9.59 Å².